The number of benzene rings is 2. The van der Waals surface area contributed by atoms with Gasteiger partial charge in [-0.15, -0.1) is 0 Å². The van der Waals surface area contributed by atoms with Crippen molar-refractivity contribution in [3.63, 3.8) is 0 Å². The maximum absolute atomic E-state index is 13.2. The van der Waals surface area contributed by atoms with Crippen molar-refractivity contribution in [2.24, 2.45) is 0 Å². The first kappa shape index (κ1) is 19.1. The Hall–Kier alpha value is -3.27. The summed E-state index contributed by atoms with van der Waals surface area (Å²) in [6.45, 7) is 0. The molecule has 0 aromatic heterocycles. The minimum Gasteiger partial charge on any atom is -0.467 e. The number of nitrogens with one attached hydrogen (secondary N) is 1. The van der Waals surface area contributed by atoms with Gasteiger partial charge in [-0.25, -0.2) is 13.6 Å². The largest absolute Gasteiger partial charge is 0.467 e. The van der Waals surface area contributed by atoms with Gasteiger partial charge in [0, 0.05) is 12.5 Å². The lowest BCUT2D eigenvalue weighted by Gasteiger charge is -2.17. The van der Waals surface area contributed by atoms with E-state index in [1.54, 1.807) is 24.3 Å². The molecule has 2 aromatic carbocycles. The summed E-state index contributed by atoms with van der Waals surface area (Å²) in [5, 5.41) is 11.3. The Morgan fingerprint density at radius 2 is 1.73 bits per heavy atom. The van der Waals surface area contributed by atoms with Crippen LogP contribution in [0.5, 0.6) is 0 Å². The molecule has 5 nitrogen and oxygen atoms in total. The highest BCUT2D eigenvalue weighted by Crippen LogP contribution is 2.10. The van der Waals surface area contributed by atoms with Crippen LogP contribution in [-0.2, 0) is 27.2 Å². The van der Waals surface area contributed by atoms with Crippen molar-refractivity contribution < 1.29 is 23.1 Å². The lowest BCUT2D eigenvalue weighted by Crippen LogP contribution is -2.43. The topological polar surface area (TPSA) is 79.2 Å². The Labute approximate surface area is 149 Å². The zero-order valence-corrected chi connectivity index (χ0v) is 14.0. The summed E-state index contributed by atoms with van der Waals surface area (Å²) in [6, 6.07) is 10.4. The van der Waals surface area contributed by atoms with Crippen LogP contribution in [-0.4, -0.2) is 25.0 Å². The average Bonchev–Trinajstić information content (AvgIpc) is 2.60. The van der Waals surface area contributed by atoms with Gasteiger partial charge < -0.3 is 10.1 Å². The van der Waals surface area contributed by atoms with E-state index < -0.39 is 29.6 Å². The molecule has 1 N–H and O–H groups in total. The summed E-state index contributed by atoms with van der Waals surface area (Å²) in [5.41, 5.74) is 1.35. The van der Waals surface area contributed by atoms with Gasteiger partial charge in [0.2, 0.25) is 5.91 Å². The van der Waals surface area contributed by atoms with Gasteiger partial charge in [0.1, 0.15) is 17.7 Å². The van der Waals surface area contributed by atoms with Crippen LogP contribution in [0.2, 0.25) is 0 Å². The molecule has 1 atom stereocenters. The molecule has 0 radical (unpaired) electrons. The Morgan fingerprint density at radius 1 is 1.12 bits per heavy atom. The normalized spacial score (nSPS) is 11.3. The summed E-state index contributed by atoms with van der Waals surface area (Å²) in [5.74, 6) is -2.78. The Balaban J connectivity index is 2.07. The van der Waals surface area contributed by atoms with Crippen LogP contribution in [0.15, 0.2) is 42.5 Å². The highest BCUT2D eigenvalue weighted by molar-refractivity contribution is 5.85. The lowest BCUT2D eigenvalue weighted by atomic mass is 10.0. The highest BCUT2D eigenvalue weighted by atomic mass is 19.1. The fourth-order valence-electron chi connectivity index (χ4n) is 2.43. The quantitative estimate of drug-likeness (QED) is 0.804. The van der Waals surface area contributed by atoms with Gasteiger partial charge in [-0.3, -0.25) is 4.79 Å². The van der Waals surface area contributed by atoms with Gasteiger partial charge >= 0.3 is 5.97 Å². The monoisotopic (exact) mass is 358 g/mol. The average molecular weight is 358 g/mol. The van der Waals surface area contributed by atoms with E-state index in [1.165, 1.54) is 7.11 Å². The van der Waals surface area contributed by atoms with E-state index in [2.05, 4.69) is 5.32 Å². The Kier molecular flexibility index (Phi) is 6.39. The summed E-state index contributed by atoms with van der Waals surface area (Å²) in [7, 11) is 1.20. The van der Waals surface area contributed by atoms with Crippen molar-refractivity contribution in [2.75, 3.05) is 7.11 Å². The molecule has 0 aliphatic heterocycles. The minimum atomic E-state index is -0.959. The lowest BCUT2D eigenvalue weighted by molar-refractivity contribution is -0.145. The Morgan fingerprint density at radius 3 is 2.27 bits per heavy atom. The van der Waals surface area contributed by atoms with E-state index in [4.69, 9.17) is 10.00 Å². The summed E-state index contributed by atoms with van der Waals surface area (Å²) in [6.07, 6.45) is -0.128. The smallest absolute Gasteiger partial charge is 0.328 e. The van der Waals surface area contributed by atoms with Crippen molar-refractivity contribution in [2.45, 2.75) is 18.9 Å². The number of hydrogen-bond acceptors (Lipinski definition) is 4. The first-order valence-electron chi connectivity index (χ1n) is 7.72. The van der Waals surface area contributed by atoms with E-state index in [1.807, 2.05) is 6.07 Å². The zero-order valence-electron chi connectivity index (χ0n) is 14.0. The number of ether oxygens (including phenoxy) is 1. The molecule has 0 spiro atoms. The molecule has 0 aliphatic rings. The van der Waals surface area contributed by atoms with Gasteiger partial charge in [0.05, 0.1) is 25.2 Å². The fourth-order valence-corrected chi connectivity index (χ4v) is 2.43. The van der Waals surface area contributed by atoms with Crippen molar-refractivity contribution in [1.29, 1.82) is 5.26 Å². The third kappa shape index (κ3) is 5.38. The number of amides is 1. The van der Waals surface area contributed by atoms with Crippen LogP contribution in [0, 0.1) is 23.0 Å². The molecule has 0 fully saturated rings. The molecule has 2 rings (SSSR count). The molecule has 0 saturated carbocycles. The molecule has 0 saturated heterocycles. The summed E-state index contributed by atoms with van der Waals surface area (Å²) >= 11 is 0. The number of esters is 1. The molecular formula is C19H16F2N2O3. The molecule has 0 unspecified atom stereocenters. The van der Waals surface area contributed by atoms with Gasteiger partial charge in [-0.1, -0.05) is 12.1 Å². The second-order valence-corrected chi connectivity index (χ2v) is 5.61. The van der Waals surface area contributed by atoms with Crippen molar-refractivity contribution in [3.8, 4) is 6.07 Å². The van der Waals surface area contributed by atoms with E-state index >= 15 is 0 Å². The predicted octanol–water partition coefficient (Wildman–Crippen LogP) is 2.28. The standard InChI is InChI=1S/C19H16F2N2O3/c1-26-19(25)17(8-12-2-4-13(11-22)5-3-12)23-18(24)9-14-6-15(20)10-16(21)7-14/h2-7,10,17H,8-9H2,1H3,(H,23,24)/t17-/m0/s1. The SMILES string of the molecule is COC(=O)[C@H](Cc1ccc(C#N)cc1)NC(=O)Cc1cc(F)cc(F)c1. The van der Waals surface area contributed by atoms with Crippen LogP contribution in [0.1, 0.15) is 16.7 Å². The minimum absolute atomic E-state index is 0.154. The first-order chi connectivity index (χ1) is 12.4. The van der Waals surface area contributed by atoms with Gasteiger partial charge in [-0.2, -0.15) is 5.26 Å². The second-order valence-electron chi connectivity index (χ2n) is 5.61. The Bertz CT molecular complexity index is 825. The third-order valence-electron chi connectivity index (χ3n) is 3.63. The molecule has 0 heterocycles. The van der Waals surface area contributed by atoms with Crippen LogP contribution in [0.3, 0.4) is 0 Å². The summed E-state index contributed by atoms with van der Waals surface area (Å²) in [4.78, 5) is 24.1. The molecule has 134 valence electrons. The summed E-state index contributed by atoms with van der Waals surface area (Å²) < 4.78 is 31.1. The molecule has 0 bridgehead atoms. The van der Waals surface area contributed by atoms with Gasteiger partial charge in [0.15, 0.2) is 0 Å². The van der Waals surface area contributed by atoms with Crippen molar-refractivity contribution in [3.05, 3.63) is 70.8 Å². The predicted molar refractivity (Wildman–Crippen MR) is 88.9 cm³/mol. The fraction of sp³-hybridized carbons (Fsp3) is 0.211. The number of nitriles is 1. The van der Waals surface area contributed by atoms with E-state index in [-0.39, 0.29) is 18.4 Å². The van der Waals surface area contributed by atoms with Crippen LogP contribution in [0.25, 0.3) is 0 Å². The van der Waals surface area contributed by atoms with Crippen LogP contribution >= 0.6 is 0 Å². The molecule has 0 aliphatic carbocycles. The van der Waals surface area contributed by atoms with E-state index in [9.17, 15) is 18.4 Å². The van der Waals surface area contributed by atoms with Gasteiger partial charge in [0.25, 0.3) is 0 Å². The maximum Gasteiger partial charge on any atom is 0.328 e. The molecular weight excluding hydrogens is 342 g/mol. The highest BCUT2D eigenvalue weighted by Gasteiger charge is 2.22. The first-order valence-corrected chi connectivity index (χ1v) is 7.72. The second kappa shape index (κ2) is 8.72. The third-order valence-corrected chi connectivity index (χ3v) is 3.63. The van der Waals surface area contributed by atoms with Gasteiger partial charge in [-0.05, 0) is 35.4 Å². The molecule has 2 aromatic rings. The number of carbonyl (C=O) groups is 2. The van der Waals surface area contributed by atoms with Crippen molar-refractivity contribution in [1.82, 2.24) is 5.32 Å². The number of hydrogen-bond donors (Lipinski definition) is 1. The number of rotatable bonds is 6. The molecule has 26 heavy (non-hydrogen) atoms. The maximum atomic E-state index is 13.2. The zero-order chi connectivity index (χ0) is 19.1. The number of methoxy groups -OCH3 is 1. The molecule has 7 heteroatoms. The van der Waals surface area contributed by atoms with E-state index in [0.29, 0.717) is 11.6 Å². The number of carbonyl (C=O) groups excluding carboxylic acids is 2. The van der Waals surface area contributed by atoms with Crippen LogP contribution in [0.4, 0.5) is 8.78 Å². The number of nitrogens with zero attached hydrogens (tertiary/aromatic N) is 1. The van der Waals surface area contributed by atoms with Crippen LogP contribution < -0.4 is 5.32 Å². The van der Waals surface area contributed by atoms with Crippen molar-refractivity contribution >= 4 is 11.9 Å². The molecule has 1 amide bonds. The number of halogens is 2. The van der Waals surface area contributed by atoms with E-state index in [0.717, 1.165) is 17.7 Å².